The van der Waals surface area contributed by atoms with Crippen molar-refractivity contribution >= 4 is 11.7 Å². The number of hydrogen-bond acceptors (Lipinski definition) is 4. The molecule has 1 atom stereocenters. The van der Waals surface area contributed by atoms with Gasteiger partial charge in [-0.2, -0.15) is 4.98 Å². The largest absolute Gasteiger partial charge is 0.337 e. The average Bonchev–Trinajstić information content (AvgIpc) is 3.18. The van der Waals surface area contributed by atoms with E-state index in [4.69, 9.17) is 4.52 Å². The second kappa shape index (κ2) is 7.80. The summed E-state index contributed by atoms with van der Waals surface area (Å²) in [5.74, 6) is 0.531. The standard InChI is InChI=1S/C21H21FN4O2/c1-14-8-10-15(11-9-14)19-24-20(28-25-19)18-7-2-3-12-26(18)21(27)23-17-6-4-5-16(22)13-17/h4-6,8-11,13,18H,2-3,7,12H2,1H3,(H,23,27)/t18-/m1/s1. The number of nitrogens with zero attached hydrogens (tertiary/aromatic N) is 3. The van der Waals surface area contributed by atoms with Crippen molar-refractivity contribution in [2.75, 3.05) is 11.9 Å². The summed E-state index contributed by atoms with van der Waals surface area (Å²) in [7, 11) is 0. The molecule has 0 bridgehead atoms. The summed E-state index contributed by atoms with van der Waals surface area (Å²) >= 11 is 0. The summed E-state index contributed by atoms with van der Waals surface area (Å²) in [6.45, 7) is 2.59. The van der Waals surface area contributed by atoms with Crippen molar-refractivity contribution < 1.29 is 13.7 Å². The highest BCUT2D eigenvalue weighted by Gasteiger charge is 2.32. The zero-order chi connectivity index (χ0) is 19.5. The van der Waals surface area contributed by atoms with E-state index < -0.39 is 5.82 Å². The number of carbonyl (C=O) groups is 1. The van der Waals surface area contributed by atoms with Crippen molar-refractivity contribution in [3.63, 3.8) is 0 Å². The molecule has 2 aromatic carbocycles. The van der Waals surface area contributed by atoms with E-state index in [1.54, 1.807) is 17.0 Å². The van der Waals surface area contributed by atoms with Crippen molar-refractivity contribution in [1.29, 1.82) is 0 Å². The summed E-state index contributed by atoms with van der Waals surface area (Å²) in [4.78, 5) is 19.0. The molecule has 7 heteroatoms. The van der Waals surface area contributed by atoms with Crippen LogP contribution in [0.5, 0.6) is 0 Å². The van der Waals surface area contributed by atoms with Gasteiger partial charge in [0.15, 0.2) is 0 Å². The number of amides is 2. The van der Waals surface area contributed by atoms with Gasteiger partial charge in [-0.15, -0.1) is 0 Å². The first-order valence-electron chi connectivity index (χ1n) is 9.34. The summed E-state index contributed by atoms with van der Waals surface area (Å²) in [5.41, 5.74) is 2.44. The van der Waals surface area contributed by atoms with E-state index in [1.807, 2.05) is 31.2 Å². The number of hydrogen-bond donors (Lipinski definition) is 1. The van der Waals surface area contributed by atoms with Crippen LogP contribution in [0.4, 0.5) is 14.9 Å². The van der Waals surface area contributed by atoms with Gasteiger partial charge < -0.3 is 14.7 Å². The number of anilines is 1. The maximum absolute atomic E-state index is 13.4. The molecule has 0 aliphatic carbocycles. The van der Waals surface area contributed by atoms with Crippen LogP contribution in [0.2, 0.25) is 0 Å². The zero-order valence-corrected chi connectivity index (χ0v) is 15.6. The molecule has 0 radical (unpaired) electrons. The van der Waals surface area contributed by atoms with Crippen LogP contribution >= 0.6 is 0 Å². The lowest BCUT2D eigenvalue weighted by molar-refractivity contribution is 0.142. The van der Waals surface area contributed by atoms with Gasteiger partial charge in [-0.1, -0.05) is 41.1 Å². The number of piperidine rings is 1. The summed E-state index contributed by atoms with van der Waals surface area (Å²) in [5, 5.41) is 6.84. The van der Waals surface area contributed by atoms with Gasteiger partial charge in [0.1, 0.15) is 11.9 Å². The molecule has 6 nitrogen and oxygen atoms in total. The number of carbonyl (C=O) groups excluding carboxylic acids is 1. The van der Waals surface area contributed by atoms with Gasteiger partial charge in [0, 0.05) is 17.8 Å². The maximum Gasteiger partial charge on any atom is 0.322 e. The lowest BCUT2D eigenvalue weighted by Crippen LogP contribution is -2.41. The first-order chi connectivity index (χ1) is 13.6. The number of aryl methyl sites for hydroxylation is 1. The van der Waals surface area contributed by atoms with Crippen molar-refractivity contribution in [3.05, 3.63) is 65.8 Å². The normalized spacial score (nSPS) is 16.8. The maximum atomic E-state index is 13.4. The molecule has 1 fully saturated rings. The van der Waals surface area contributed by atoms with Crippen LogP contribution in [0.25, 0.3) is 11.4 Å². The van der Waals surface area contributed by atoms with Crippen molar-refractivity contribution in [2.45, 2.75) is 32.2 Å². The topological polar surface area (TPSA) is 71.3 Å². The Hall–Kier alpha value is -3.22. The summed E-state index contributed by atoms with van der Waals surface area (Å²) in [6, 6.07) is 13.1. The molecule has 28 heavy (non-hydrogen) atoms. The van der Waals surface area contributed by atoms with Gasteiger partial charge in [-0.05, 0) is 44.4 Å². The number of likely N-dealkylation sites (tertiary alicyclic amines) is 1. The molecule has 0 unspecified atom stereocenters. The third-order valence-electron chi connectivity index (χ3n) is 4.88. The third kappa shape index (κ3) is 3.88. The molecule has 2 heterocycles. The molecule has 1 aliphatic rings. The molecule has 1 N–H and O–H groups in total. The number of halogens is 1. The quantitative estimate of drug-likeness (QED) is 0.698. The molecular formula is C21H21FN4O2. The monoisotopic (exact) mass is 380 g/mol. The van der Waals surface area contributed by atoms with E-state index in [9.17, 15) is 9.18 Å². The van der Waals surface area contributed by atoms with Gasteiger partial charge in [-0.3, -0.25) is 0 Å². The van der Waals surface area contributed by atoms with Crippen molar-refractivity contribution in [1.82, 2.24) is 15.0 Å². The highest BCUT2D eigenvalue weighted by atomic mass is 19.1. The fourth-order valence-corrected chi connectivity index (χ4v) is 3.38. The molecular weight excluding hydrogens is 359 g/mol. The Bertz CT molecular complexity index is 971. The lowest BCUT2D eigenvalue weighted by Gasteiger charge is -2.33. The molecule has 3 aromatic rings. The third-order valence-corrected chi connectivity index (χ3v) is 4.88. The first kappa shape index (κ1) is 18.2. The van der Waals surface area contributed by atoms with Crippen LogP contribution in [0.3, 0.4) is 0 Å². The molecule has 0 spiro atoms. The molecule has 0 saturated carbocycles. The average molecular weight is 380 g/mol. The zero-order valence-electron chi connectivity index (χ0n) is 15.6. The number of aromatic nitrogens is 2. The highest BCUT2D eigenvalue weighted by Crippen LogP contribution is 2.31. The lowest BCUT2D eigenvalue weighted by atomic mass is 10.0. The summed E-state index contributed by atoms with van der Waals surface area (Å²) in [6.07, 6.45) is 2.61. The first-order valence-corrected chi connectivity index (χ1v) is 9.34. The molecule has 4 rings (SSSR count). The van der Waals surface area contributed by atoms with E-state index in [-0.39, 0.29) is 12.1 Å². The predicted octanol–water partition coefficient (Wildman–Crippen LogP) is 4.94. The Morgan fingerprint density at radius 3 is 2.82 bits per heavy atom. The van der Waals surface area contributed by atoms with Crippen LogP contribution in [-0.2, 0) is 0 Å². The number of benzene rings is 2. The van der Waals surface area contributed by atoms with Gasteiger partial charge in [0.2, 0.25) is 11.7 Å². The van der Waals surface area contributed by atoms with Crippen molar-refractivity contribution in [2.24, 2.45) is 0 Å². The predicted molar refractivity (Wildman–Crippen MR) is 103 cm³/mol. The van der Waals surface area contributed by atoms with Crippen LogP contribution < -0.4 is 5.32 Å². The Kier molecular flexibility index (Phi) is 5.06. The second-order valence-electron chi connectivity index (χ2n) is 6.97. The molecule has 1 aromatic heterocycles. The van der Waals surface area contributed by atoms with Gasteiger partial charge in [0.05, 0.1) is 0 Å². The fraction of sp³-hybridized carbons (Fsp3) is 0.286. The molecule has 1 saturated heterocycles. The Labute approximate surface area is 162 Å². The number of nitrogens with one attached hydrogen (secondary N) is 1. The minimum absolute atomic E-state index is 0.297. The minimum atomic E-state index is -0.396. The SMILES string of the molecule is Cc1ccc(-c2noc([C@H]3CCCCN3C(=O)Nc3cccc(F)c3)n2)cc1. The minimum Gasteiger partial charge on any atom is -0.337 e. The Morgan fingerprint density at radius 1 is 1.21 bits per heavy atom. The Balaban J connectivity index is 1.54. The fourth-order valence-electron chi connectivity index (χ4n) is 3.38. The van der Waals surface area contributed by atoms with Crippen LogP contribution in [0, 0.1) is 12.7 Å². The van der Waals surface area contributed by atoms with E-state index in [2.05, 4.69) is 15.5 Å². The molecule has 144 valence electrons. The van der Waals surface area contributed by atoms with Crippen molar-refractivity contribution in [3.8, 4) is 11.4 Å². The Morgan fingerprint density at radius 2 is 2.04 bits per heavy atom. The second-order valence-corrected chi connectivity index (χ2v) is 6.97. The smallest absolute Gasteiger partial charge is 0.322 e. The highest BCUT2D eigenvalue weighted by molar-refractivity contribution is 5.89. The van der Waals surface area contributed by atoms with Gasteiger partial charge in [0.25, 0.3) is 0 Å². The van der Waals surface area contributed by atoms with E-state index in [1.165, 1.54) is 12.1 Å². The number of rotatable bonds is 3. The van der Waals surface area contributed by atoms with E-state index >= 15 is 0 Å². The summed E-state index contributed by atoms with van der Waals surface area (Å²) < 4.78 is 18.9. The van der Waals surface area contributed by atoms with Crippen LogP contribution in [0.1, 0.15) is 36.8 Å². The van der Waals surface area contributed by atoms with E-state index in [0.717, 1.165) is 30.4 Å². The number of urea groups is 1. The van der Waals surface area contributed by atoms with Crippen LogP contribution in [0.15, 0.2) is 53.1 Å². The van der Waals surface area contributed by atoms with Gasteiger partial charge >= 0.3 is 6.03 Å². The molecule has 1 aliphatic heterocycles. The van der Waals surface area contributed by atoms with Gasteiger partial charge in [-0.25, -0.2) is 9.18 Å². The van der Waals surface area contributed by atoms with Crippen LogP contribution in [-0.4, -0.2) is 27.6 Å². The molecule has 2 amide bonds. The van der Waals surface area contributed by atoms with E-state index in [0.29, 0.717) is 23.9 Å².